The molecule has 0 bridgehead atoms. The van der Waals surface area contributed by atoms with Crippen LogP contribution in [-0.2, 0) is 0 Å². The van der Waals surface area contributed by atoms with E-state index in [9.17, 15) is 0 Å². The van der Waals surface area contributed by atoms with E-state index >= 15 is 0 Å². The average Bonchev–Trinajstić information content (AvgIpc) is 2.71. The lowest BCUT2D eigenvalue weighted by molar-refractivity contribution is 0.659. The normalized spacial score (nSPS) is 11.0. The maximum Gasteiger partial charge on any atom is 0.00723 e. The van der Waals surface area contributed by atoms with Crippen LogP contribution in [0.5, 0.6) is 0 Å². The highest BCUT2D eigenvalue weighted by Gasteiger charge is 2.01. The summed E-state index contributed by atoms with van der Waals surface area (Å²) >= 11 is 3.99. The second-order valence-electron chi connectivity index (χ2n) is 7.22. The van der Waals surface area contributed by atoms with Crippen LogP contribution < -0.4 is 0 Å². The second kappa shape index (κ2) is 14.2. The van der Waals surface area contributed by atoms with Crippen molar-refractivity contribution < 1.29 is 0 Å². The van der Waals surface area contributed by atoms with Gasteiger partial charge in [-0.1, -0.05) is 83.1 Å². The van der Waals surface area contributed by atoms with Crippen LogP contribution in [-0.4, -0.2) is 11.5 Å². The summed E-state index contributed by atoms with van der Waals surface area (Å²) in [6, 6.07) is 18.2. The molecule has 0 saturated heterocycles. The fourth-order valence-electron chi connectivity index (χ4n) is 3.10. The topological polar surface area (TPSA) is 0 Å². The lowest BCUT2D eigenvalue weighted by Gasteiger charge is -2.06. The summed E-state index contributed by atoms with van der Waals surface area (Å²) in [5, 5.41) is 0. The minimum Gasteiger partial charge on any atom is -0.126 e. The van der Waals surface area contributed by atoms with E-state index in [-0.39, 0.29) is 0 Å². The first-order chi connectivity index (χ1) is 13.3. The molecule has 0 spiro atoms. The standard InChI is InChI=1S/C25H36S2/c1-3-5-7-9-11-21-27-25-18-14-23(15-19-25)22-12-16-24(17-13-22)26-20-10-8-6-4-2/h12-19H,3-11,20-21H2,1-2H3. The van der Waals surface area contributed by atoms with Crippen LogP contribution in [0.2, 0.25) is 0 Å². The predicted molar refractivity (Wildman–Crippen MR) is 126 cm³/mol. The molecule has 0 fully saturated rings. The molecule has 0 aliphatic carbocycles. The van der Waals surface area contributed by atoms with Crippen LogP contribution in [0, 0.1) is 0 Å². The van der Waals surface area contributed by atoms with Crippen LogP contribution in [0.15, 0.2) is 58.3 Å². The molecule has 0 unspecified atom stereocenters. The van der Waals surface area contributed by atoms with Gasteiger partial charge in [-0.2, -0.15) is 0 Å². The van der Waals surface area contributed by atoms with Crippen LogP contribution in [0.1, 0.15) is 71.6 Å². The maximum absolute atomic E-state index is 2.28. The first kappa shape index (κ1) is 22.4. The Bertz CT molecular complexity index is 601. The summed E-state index contributed by atoms with van der Waals surface area (Å²) in [5.74, 6) is 2.48. The predicted octanol–water partition coefficient (Wildman–Crippen LogP) is 9.09. The number of rotatable bonds is 14. The van der Waals surface area contributed by atoms with Crippen molar-refractivity contribution in [2.24, 2.45) is 0 Å². The molecule has 2 aromatic carbocycles. The van der Waals surface area contributed by atoms with E-state index in [2.05, 4.69) is 62.4 Å². The maximum atomic E-state index is 2.28. The van der Waals surface area contributed by atoms with Gasteiger partial charge < -0.3 is 0 Å². The van der Waals surface area contributed by atoms with Crippen LogP contribution in [0.3, 0.4) is 0 Å². The molecule has 0 atom stereocenters. The van der Waals surface area contributed by atoms with Crippen molar-refractivity contribution in [2.75, 3.05) is 11.5 Å². The van der Waals surface area contributed by atoms with E-state index in [1.807, 2.05) is 23.5 Å². The van der Waals surface area contributed by atoms with Crippen molar-refractivity contribution >= 4 is 23.5 Å². The van der Waals surface area contributed by atoms with Gasteiger partial charge in [-0.3, -0.25) is 0 Å². The van der Waals surface area contributed by atoms with Crippen LogP contribution >= 0.6 is 23.5 Å². The van der Waals surface area contributed by atoms with Gasteiger partial charge in [-0.25, -0.2) is 0 Å². The summed E-state index contributed by atoms with van der Waals surface area (Å²) in [7, 11) is 0. The Hall–Kier alpha value is -0.860. The SMILES string of the molecule is CCCCCCCSc1ccc(-c2ccc(SCCCCCC)cc2)cc1. The van der Waals surface area contributed by atoms with E-state index in [1.54, 1.807) is 0 Å². The highest BCUT2D eigenvalue weighted by atomic mass is 32.2. The summed E-state index contributed by atoms with van der Waals surface area (Å²) in [4.78, 5) is 2.79. The monoisotopic (exact) mass is 400 g/mol. The summed E-state index contributed by atoms with van der Waals surface area (Å²) in [5.41, 5.74) is 2.64. The zero-order chi connectivity index (χ0) is 19.2. The molecule has 0 aliphatic rings. The second-order valence-corrected chi connectivity index (χ2v) is 9.56. The van der Waals surface area contributed by atoms with Gasteiger partial charge in [0.25, 0.3) is 0 Å². The third-order valence-electron chi connectivity index (χ3n) is 4.83. The minimum absolute atomic E-state index is 1.24. The van der Waals surface area contributed by atoms with E-state index in [4.69, 9.17) is 0 Å². The Kier molecular flexibility index (Phi) is 11.8. The summed E-state index contributed by atoms with van der Waals surface area (Å²) in [6.07, 6.45) is 12.2. The number of hydrogen-bond acceptors (Lipinski definition) is 2. The molecule has 0 amide bonds. The molecule has 0 saturated carbocycles. The van der Waals surface area contributed by atoms with Gasteiger partial charge in [0, 0.05) is 9.79 Å². The Morgan fingerprint density at radius 2 is 0.852 bits per heavy atom. The zero-order valence-corrected chi connectivity index (χ0v) is 18.8. The van der Waals surface area contributed by atoms with Gasteiger partial charge in [0.1, 0.15) is 0 Å². The minimum atomic E-state index is 1.24. The Balaban J connectivity index is 1.74. The highest BCUT2D eigenvalue weighted by molar-refractivity contribution is 7.99. The number of thioether (sulfide) groups is 2. The molecule has 0 heterocycles. The van der Waals surface area contributed by atoms with Gasteiger partial charge in [0.15, 0.2) is 0 Å². The lowest BCUT2D eigenvalue weighted by atomic mass is 10.1. The molecular formula is C25H36S2. The van der Waals surface area contributed by atoms with Gasteiger partial charge in [0.05, 0.1) is 0 Å². The zero-order valence-electron chi connectivity index (χ0n) is 17.2. The molecule has 0 nitrogen and oxygen atoms in total. The molecule has 2 heteroatoms. The van der Waals surface area contributed by atoms with Gasteiger partial charge in [-0.15, -0.1) is 23.5 Å². The first-order valence-electron chi connectivity index (χ1n) is 10.8. The molecule has 2 aromatic rings. The Labute approximate surface area is 175 Å². The summed E-state index contributed by atoms with van der Waals surface area (Å²) in [6.45, 7) is 4.54. The molecule has 0 N–H and O–H groups in total. The van der Waals surface area contributed by atoms with Crippen molar-refractivity contribution in [1.29, 1.82) is 0 Å². The molecule has 0 aliphatic heterocycles. The third kappa shape index (κ3) is 9.25. The molecule has 27 heavy (non-hydrogen) atoms. The van der Waals surface area contributed by atoms with Crippen molar-refractivity contribution in [1.82, 2.24) is 0 Å². The van der Waals surface area contributed by atoms with E-state index in [0.29, 0.717) is 0 Å². The van der Waals surface area contributed by atoms with Crippen molar-refractivity contribution in [3.8, 4) is 11.1 Å². The van der Waals surface area contributed by atoms with Crippen LogP contribution in [0.25, 0.3) is 11.1 Å². The van der Waals surface area contributed by atoms with E-state index in [0.717, 1.165) is 0 Å². The van der Waals surface area contributed by atoms with Crippen LogP contribution in [0.4, 0.5) is 0 Å². The number of benzene rings is 2. The molecular weight excluding hydrogens is 364 g/mol. The largest absolute Gasteiger partial charge is 0.126 e. The fourth-order valence-corrected chi connectivity index (χ4v) is 4.93. The molecule has 0 aromatic heterocycles. The third-order valence-corrected chi connectivity index (χ3v) is 7.02. The number of unbranched alkanes of at least 4 members (excludes halogenated alkanes) is 7. The van der Waals surface area contributed by atoms with Crippen molar-refractivity contribution in [3.63, 3.8) is 0 Å². The highest BCUT2D eigenvalue weighted by Crippen LogP contribution is 2.27. The van der Waals surface area contributed by atoms with Gasteiger partial charge in [0.2, 0.25) is 0 Å². The van der Waals surface area contributed by atoms with Gasteiger partial charge >= 0.3 is 0 Å². The van der Waals surface area contributed by atoms with Crippen molar-refractivity contribution in [2.45, 2.75) is 81.4 Å². The molecule has 148 valence electrons. The quantitative estimate of drug-likeness (QED) is 0.229. The van der Waals surface area contributed by atoms with E-state index in [1.165, 1.54) is 90.2 Å². The summed E-state index contributed by atoms with van der Waals surface area (Å²) < 4.78 is 0. The van der Waals surface area contributed by atoms with Gasteiger partial charge in [-0.05, 0) is 59.7 Å². The van der Waals surface area contributed by atoms with Crippen molar-refractivity contribution in [3.05, 3.63) is 48.5 Å². The van der Waals surface area contributed by atoms with E-state index < -0.39 is 0 Å². The smallest absolute Gasteiger partial charge is 0.00723 e. The fraction of sp³-hybridized carbons (Fsp3) is 0.520. The lowest BCUT2D eigenvalue weighted by Crippen LogP contribution is -1.84. The molecule has 2 rings (SSSR count). The average molecular weight is 401 g/mol. The first-order valence-corrected chi connectivity index (χ1v) is 12.8. The number of hydrogen-bond donors (Lipinski definition) is 0. The molecule has 0 radical (unpaired) electrons. The Morgan fingerprint density at radius 1 is 0.481 bits per heavy atom. The Morgan fingerprint density at radius 3 is 1.26 bits per heavy atom.